The highest BCUT2D eigenvalue weighted by Crippen LogP contribution is 2.35. The number of benzene rings is 3. The first-order valence-electron chi connectivity index (χ1n) is 9.57. The number of nitro benzene ring substituents is 1. The average molecular weight is 413 g/mol. The Bertz CT molecular complexity index is 1340. The summed E-state index contributed by atoms with van der Waals surface area (Å²) in [7, 11) is 0. The molecule has 1 aromatic heterocycles. The van der Waals surface area contributed by atoms with Crippen LogP contribution in [-0.2, 0) is 0 Å². The molecule has 1 heterocycles. The molecule has 0 bridgehead atoms. The molecular formula is C24H19N3O4. The quantitative estimate of drug-likeness (QED) is 0.240. The van der Waals surface area contributed by atoms with Crippen LogP contribution in [-0.4, -0.2) is 21.2 Å². The van der Waals surface area contributed by atoms with Gasteiger partial charge in [-0.2, -0.15) is 0 Å². The van der Waals surface area contributed by atoms with E-state index in [1.807, 2.05) is 26.0 Å². The van der Waals surface area contributed by atoms with E-state index in [9.17, 15) is 15.2 Å². The predicted octanol–water partition coefficient (Wildman–Crippen LogP) is 6.14. The summed E-state index contributed by atoms with van der Waals surface area (Å²) in [6.07, 6.45) is 5.14. The molecule has 3 aromatic carbocycles. The van der Waals surface area contributed by atoms with E-state index in [1.165, 1.54) is 12.1 Å². The van der Waals surface area contributed by atoms with Crippen molar-refractivity contribution in [3.63, 3.8) is 0 Å². The van der Waals surface area contributed by atoms with Gasteiger partial charge in [0.05, 0.1) is 16.2 Å². The average Bonchev–Trinajstić information content (AvgIpc) is 3.17. The Morgan fingerprint density at radius 1 is 1.10 bits per heavy atom. The second kappa shape index (κ2) is 8.23. The number of nitrogens with zero attached hydrogens (tertiary/aromatic N) is 3. The minimum atomic E-state index is -0.434. The zero-order valence-electron chi connectivity index (χ0n) is 16.9. The Morgan fingerprint density at radius 3 is 2.61 bits per heavy atom. The number of aromatic hydroxyl groups is 1. The maximum Gasteiger partial charge on any atom is 0.269 e. The standard InChI is InChI=1S/C24H19N3O4/c1-15-12-16(2)23-21(13-15)26-24(31-23)20-14-18(7-10-22(20)28)25-11-3-4-17-5-8-19(9-6-17)27(29)30/h3-14,28H,1-2H3. The van der Waals surface area contributed by atoms with Gasteiger partial charge in [-0.05, 0) is 73.0 Å². The van der Waals surface area contributed by atoms with E-state index in [-0.39, 0.29) is 11.4 Å². The van der Waals surface area contributed by atoms with Crippen molar-refractivity contribution in [3.05, 3.63) is 87.5 Å². The second-order valence-corrected chi connectivity index (χ2v) is 7.14. The number of phenols is 1. The van der Waals surface area contributed by atoms with E-state index >= 15 is 0 Å². The predicted molar refractivity (Wildman–Crippen MR) is 121 cm³/mol. The summed E-state index contributed by atoms with van der Waals surface area (Å²) in [6, 6.07) is 15.1. The van der Waals surface area contributed by atoms with Crippen molar-refractivity contribution in [2.45, 2.75) is 13.8 Å². The largest absolute Gasteiger partial charge is 0.507 e. The summed E-state index contributed by atoms with van der Waals surface area (Å²) in [5.41, 5.74) is 5.46. The van der Waals surface area contributed by atoms with Crippen molar-refractivity contribution in [1.82, 2.24) is 4.98 Å². The van der Waals surface area contributed by atoms with E-state index in [0.717, 1.165) is 22.2 Å². The summed E-state index contributed by atoms with van der Waals surface area (Å²) in [5.74, 6) is 0.390. The third kappa shape index (κ3) is 4.35. The lowest BCUT2D eigenvalue weighted by Crippen LogP contribution is -1.86. The van der Waals surface area contributed by atoms with Crippen molar-refractivity contribution < 1.29 is 14.4 Å². The van der Waals surface area contributed by atoms with Crippen LogP contribution in [0.1, 0.15) is 16.7 Å². The number of rotatable bonds is 5. The van der Waals surface area contributed by atoms with Crippen LogP contribution in [0.2, 0.25) is 0 Å². The molecule has 7 heteroatoms. The zero-order valence-corrected chi connectivity index (χ0v) is 16.9. The molecule has 4 aromatic rings. The van der Waals surface area contributed by atoms with Crippen LogP contribution >= 0.6 is 0 Å². The van der Waals surface area contributed by atoms with Gasteiger partial charge in [-0.3, -0.25) is 15.1 Å². The molecule has 0 saturated heterocycles. The molecule has 0 radical (unpaired) electrons. The molecule has 0 fully saturated rings. The number of allylic oxidation sites excluding steroid dienone is 1. The number of aromatic nitrogens is 1. The van der Waals surface area contributed by atoms with Crippen LogP contribution in [0.4, 0.5) is 11.4 Å². The van der Waals surface area contributed by atoms with Gasteiger partial charge in [0.2, 0.25) is 5.89 Å². The molecule has 0 aliphatic carbocycles. The molecule has 0 unspecified atom stereocenters. The van der Waals surface area contributed by atoms with Crippen molar-refractivity contribution in [2.24, 2.45) is 4.99 Å². The Morgan fingerprint density at radius 2 is 1.87 bits per heavy atom. The molecule has 0 atom stereocenters. The van der Waals surface area contributed by atoms with Gasteiger partial charge in [-0.15, -0.1) is 0 Å². The Hall–Kier alpha value is -4.26. The van der Waals surface area contributed by atoms with E-state index < -0.39 is 4.92 Å². The van der Waals surface area contributed by atoms with Gasteiger partial charge in [0, 0.05) is 18.3 Å². The van der Waals surface area contributed by atoms with Gasteiger partial charge in [-0.1, -0.05) is 12.1 Å². The van der Waals surface area contributed by atoms with E-state index in [2.05, 4.69) is 9.98 Å². The van der Waals surface area contributed by atoms with E-state index in [0.29, 0.717) is 22.7 Å². The van der Waals surface area contributed by atoms with Crippen molar-refractivity contribution in [2.75, 3.05) is 0 Å². The normalized spacial score (nSPS) is 11.7. The first-order valence-corrected chi connectivity index (χ1v) is 9.57. The highest BCUT2D eigenvalue weighted by Gasteiger charge is 2.14. The van der Waals surface area contributed by atoms with Crippen LogP contribution in [0.25, 0.3) is 28.6 Å². The number of phenolic OH excluding ortho intramolecular Hbond substituents is 1. The number of fused-ring (bicyclic) bond motifs is 1. The summed E-state index contributed by atoms with van der Waals surface area (Å²) < 4.78 is 5.90. The maximum atomic E-state index is 10.7. The summed E-state index contributed by atoms with van der Waals surface area (Å²) in [6.45, 7) is 3.96. The topological polar surface area (TPSA) is 102 Å². The maximum absolute atomic E-state index is 10.7. The number of non-ortho nitro benzene ring substituents is 1. The molecule has 0 saturated carbocycles. The lowest BCUT2D eigenvalue weighted by atomic mass is 10.1. The van der Waals surface area contributed by atoms with Gasteiger partial charge in [0.15, 0.2) is 5.58 Å². The van der Waals surface area contributed by atoms with Crippen molar-refractivity contribution >= 4 is 34.8 Å². The number of oxazole rings is 1. The lowest BCUT2D eigenvalue weighted by molar-refractivity contribution is -0.384. The molecule has 0 aliphatic rings. The van der Waals surface area contributed by atoms with Crippen molar-refractivity contribution in [1.29, 1.82) is 0 Å². The van der Waals surface area contributed by atoms with Gasteiger partial charge in [-0.25, -0.2) is 4.98 Å². The van der Waals surface area contributed by atoms with Crippen LogP contribution in [0, 0.1) is 24.0 Å². The lowest BCUT2D eigenvalue weighted by Gasteiger charge is -2.01. The zero-order chi connectivity index (χ0) is 22.0. The first-order chi connectivity index (χ1) is 14.9. The van der Waals surface area contributed by atoms with Gasteiger partial charge in [0.25, 0.3) is 5.69 Å². The fourth-order valence-electron chi connectivity index (χ4n) is 3.26. The Balaban J connectivity index is 1.56. The Labute approximate surface area is 178 Å². The monoisotopic (exact) mass is 413 g/mol. The summed E-state index contributed by atoms with van der Waals surface area (Å²) in [5, 5.41) is 21.0. The molecular weight excluding hydrogens is 394 g/mol. The van der Waals surface area contributed by atoms with Crippen LogP contribution in [0.5, 0.6) is 5.75 Å². The smallest absolute Gasteiger partial charge is 0.269 e. The number of aryl methyl sites for hydroxylation is 2. The highest BCUT2D eigenvalue weighted by molar-refractivity contribution is 5.83. The number of hydrogen-bond donors (Lipinski definition) is 1. The Kier molecular flexibility index (Phi) is 5.32. The molecule has 4 rings (SSSR count). The van der Waals surface area contributed by atoms with Crippen molar-refractivity contribution in [3.8, 4) is 17.2 Å². The minimum absolute atomic E-state index is 0.0481. The molecule has 1 N–H and O–H groups in total. The first kappa shape index (κ1) is 20.0. The highest BCUT2D eigenvalue weighted by atomic mass is 16.6. The number of nitro groups is 1. The molecule has 154 valence electrons. The molecule has 7 nitrogen and oxygen atoms in total. The number of aliphatic imine (C=N–C) groups is 1. The van der Waals surface area contributed by atoms with Gasteiger partial charge >= 0.3 is 0 Å². The summed E-state index contributed by atoms with van der Waals surface area (Å²) in [4.78, 5) is 19.2. The van der Waals surface area contributed by atoms with E-state index in [1.54, 1.807) is 48.7 Å². The third-order valence-electron chi connectivity index (χ3n) is 4.73. The summed E-state index contributed by atoms with van der Waals surface area (Å²) >= 11 is 0. The minimum Gasteiger partial charge on any atom is -0.507 e. The van der Waals surface area contributed by atoms with Gasteiger partial charge in [0.1, 0.15) is 11.3 Å². The molecule has 0 spiro atoms. The van der Waals surface area contributed by atoms with Gasteiger partial charge < -0.3 is 9.52 Å². The molecule has 0 amide bonds. The second-order valence-electron chi connectivity index (χ2n) is 7.14. The molecule has 31 heavy (non-hydrogen) atoms. The molecule has 0 aliphatic heterocycles. The van der Waals surface area contributed by atoms with Crippen LogP contribution < -0.4 is 0 Å². The fraction of sp³-hybridized carbons (Fsp3) is 0.0833. The third-order valence-corrected chi connectivity index (χ3v) is 4.73. The SMILES string of the molecule is Cc1cc(C)c2oc(-c3cc(N=CC=Cc4ccc([N+](=O)[O-])cc4)ccc3O)nc2c1. The van der Waals surface area contributed by atoms with Crippen LogP contribution in [0.15, 0.2) is 70.1 Å². The fourth-order valence-corrected chi connectivity index (χ4v) is 3.26. The number of hydrogen-bond acceptors (Lipinski definition) is 6. The van der Waals surface area contributed by atoms with E-state index in [4.69, 9.17) is 4.42 Å². The van der Waals surface area contributed by atoms with Crippen LogP contribution in [0.3, 0.4) is 0 Å².